The molecular formula is C17H16N6. The van der Waals surface area contributed by atoms with Gasteiger partial charge in [0.2, 0.25) is 5.82 Å². The van der Waals surface area contributed by atoms with E-state index in [0.29, 0.717) is 5.82 Å². The lowest BCUT2D eigenvalue weighted by molar-refractivity contribution is 0.791. The minimum atomic E-state index is 0.657. The summed E-state index contributed by atoms with van der Waals surface area (Å²) in [7, 11) is 0. The van der Waals surface area contributed by atoms with Gasteiger partial charge in [0.1, 0.15) is 11.2 Å². The third-order valence-corrected chi connectivity index (χ3v) is 4.06. The van der Waals surface area contributed by atoms with E-state index in [1.54, 1.807) is 4.68 Å². The summed E-state index contributed by atoms with van der Waals surface area (Å²) >= 11 is 0. The quantitative estimate of drug-likeness (QED) is 0.617. The second kappa shape index (κ2) is 5.01. The number of hydrogen-bond donors (Lipinski definition) is 1. The number of nitrogens with zero attached hydrogens (tertiary/aromatic N) is 5. The lowest BCUT2D eigenvalue weighted by Crippen LogP contribution is -2.00. The number of aromatic nitrogens is 6. The summed E-state index contributed by atoms with van der Waals surface area (Å²) in [5.41, 5.74) is 7.02. The monoisotopic (exact) mass is 304 g/mol. The van der Waals surface area contributed by atoms with Crippen LogP contribution in [0.15, 0.2) is 36.4 Å². The van der Waals surface area contributed by atoms with E-state index in [2.05, 4.69) is 56.9 Å². The van der Waals surface area contributed by atoms with E-state index < -0.39 is 0 Å². The normalized spacial score (nSPS) is 11.3. The van der Waals surface area contributed by atoms with Crippen LogP contribution < -0.4 is 0 Å². The number of fused-ring (bicyclic) bond motifs is 1. The van der Waals surface area contributed by atoms with Crippen LogP contribution in [0.1, 0.15) is 16.7 Å². The zero-order valence-corrected chi connectivity index (χ0v) is 13.2. The molecule has 23 heavy (non-hydrogen) atoms. The zero-order valence-electron chi connectivity index (χ0n) is 13.2. The van der Waals surface area contributed by atoms with E-state index in [4.69, 9.17) is 0 Å². The maximum Gasteiger partial charge on any atom is 0.205 e. The van der Waals surface area contributed by atoms with Crippen molar-refractivity contribution < 1.29 is 0 Å². The standard InChI is InChI=1S/C17H16N6/c1-10-4-8-13(9-5-10)15-17(20-21-18-15)23-16-12(3)7-6-11(2)14(16)19-22-23/h4-9H,1-3H3,(H,18,20,21). The molecule has 0 fully saturated rings. The minimum absolute atomic E-state index is 0.657. The fraction of sp³-hybridized carbons (Fsp3) is 0.176. The number of benzene rings is 2. The molecule has 0 radical (unpaired) electrons. The Bertz CT molecular complexity index is 994. The third kappa shape index (κ3) is 2.11. The molecule has 0 saturated heterocycles. The van der Waals surface area contributed by atoms with Gasteiger partial charge in [0, 0.05) is 5.56 Å². The molecule has 0 amide bonds. The highest BCUT2D eigenvalue weighted by Gasteiger charge is 2.18. The first-order chi connectivity index (χ1) is 11.1. The van der Waals surface area contributed by atoms with E-state index in [9.17, 15) is 0 Å². The van der Waals surface area contributed by atoms with Gasteiger partial charge in [-0.05, 0) is 31.9 Å². The van der Waals surface area contributed by atoms with Crippen LogP contribution in [-0.2, 0) is 0 Å². The molecule has 0 atom stereocenters. The highest BCUT2D eigenvalue weighted by molar-refractivity contribution is 5.83. The number of nitrogens with one attached hydrogen (secondary N) is 1. The molecule has 0 bridgehead atoms. The predicted molar refractivity (Wildman–Crippen MR) is 88.5 cm³/mol. The van der Waals surface area contributed by atoms with Gasteiger partial charge in [0.05, 0.1) is 5.52 Å². The van der Waals surface area contributed by atoms with Gasteiger partial charge in [-0.3, -0.25) is 0 Å². The summed E-state index contributed by atoms with van der Waals surface area (Å²) in [6.45, 7) is 6.14. The van der Waals surface area contributed by atoms with Crippen LogP contribution in [0.3, 0.4) is 0 Å². The molecule has 2 aromatic carbocycles. The molecule has 0 saturated carbocycles. The summed E-state index contributed by atoms with van der Waals surface area (Å²) in [4.78, 5) is 0. The Balaban J connectivity index is 1.95. The van der Waals surface area contributed by atoms with Crippen LogP contribution in [0.4, 0.5) is 0 Å². The number of H-pyrrole nitrogens is 1. The summed E-state index contributed by atoms with van der Waals surface area (Å²) in [6.07, 6.45) is 0. The Labute approximate surface area is 133 Å². The van der Waals surface area contributed by atoms with E-state index in [1.807, 2.05) is 26.0 Å². The van der Waals surface area contributed by atoms with Crippen molar-refractivity contribution in [1.82, 2.24) is 30.4 Å². The van der Waals surface area contributed by atoms with E-state index in [-0.39, 0.29) is 0 Å². The molecule has 0 aliphatic carbocycles. The van der Waals surface area contributed by atoms with Crippen molar-refractivity contribution in [2.45, 2.75) is 20.8 Å². The van der Waals surface area contributed by atoms with Crippen molar-refractivity contribution in [3.8, 4) is 17.1 Å². The van der Waals surface area contributed by atoms with Crippen LogP contribution >= 0.6 is 0 Å². The van der Waals surface area contributed by atoms with E-state index in [0.717, 1.165) is 33.4 Å². The first-order valence-electron chi connectivity index (χ1n) is 7.45. The van der Waals surface area contributed by atoms with Gasteiger partial charge < -0.3 is 0 Å². The van der Waals surface area contributed by atoms with Crippen molar-refractivity contribution in [3.63, 3.8) is 0 Å². The molecule has 1 N–H and O–H groups in total. The van der Waals surface area contributed by atoms with Gasteiger partial charge in [0.25, 0.3) is 0 Å². The van der Waals surface area contributed by atoms with Gasteiger partial charge in [-0.25, -0.2) is 0 Å². The van der Waals surface area contributed by atoms with Crippen molar-refractivity contribution >= 4 is 11.0 Å². The molecule has 0 aliphatic rings. The maximum atomic E-state index is 4.32. The Morgan fingerprint density at radius 3 is 2.39 bits per heavy atom. The molecule has 114 valence electrons. The third-order valence-electron chi connectivity index (χ3n) is 4.06. The van der Waals surface area contributed by atoms with Crippen molar-refractivity contribution in [1.29, 1.82) is 0 Å². The first kappa shape index (κ1) is 13.6. The molecule has 2 aromatic heterocycles. The van der Waals surface area contributed by atoms with Gasteiger partial charge in [-0.15, -0.1) is 10.2 Å². The Kier molecular flexibility index (Phi) is 2.97. The SMILES string of the molecule is Cc1ccc(-c2n[nH]nc2-n2nnc3c(C)ccc(C)c32)cc1. The topological polar surface area (TPSA) is 72.3 Å². The highest BCUT2D eigenvalue weighted by atomic mass is 15.5. The summed E-state index contributed by atoms with van der Waals surface area (Å²) in [5, 5.41) is 19.9. The lowest BCUT2D eigenvalue weighted by Gasteiger charge is -2.04. The van der Waals surface area contributed by atoms with Gasteiger partial charge in [-0.1, -0.05) is 47.2 Å². The Morgan fingerprint density at radius 2 is 1.61 bits per heavy atom. The molecular weight excluding hydrogens is 288 g/mol. The van der Waals surface area contributed by atoms with Crippen LogP contribution in [-0.4, -0.2) is 30.4 Å². The van der Waals surface area contributed by atoms with Crippen LogP contribution in [0.5, 0.6) is 0 Å². The smallest absolute Gasteiger partial charge is 0.195 e. The zero-order chi connectivity index (χ0) is 16.0. The highest BCUT2D eigenvalue weighted by Crippen LogP contribution is 2.27. The number of aromatic amines is 1. The number of aryl methyl sites for hydroxylation is 3. The fourth-order valence-corrected chi connectivity index (χ4v) is 2.74. The predicted octanol–water partition coefficient (Wildman–Crippen LogP) is 3.13. The van der Waals surface area contributed by atoms with Crippen molar-refractivity contribution in [2.75, 3.05) is 0 Å². The van der Waals surface area contributed by atoms with Crippen LogP contribution in [0.2, 0.25) is 0 Å². The Morgan fingerprint density at radius 1 is 0.870 bits per heavy atom. The van der Waals surface area contributed by atoms with Gasteiger partial charge in [0.15, 0.2) is 0 Å². The van der Waals surface area contributed by atoms with E-state index >= 15 is 0 Å². The summed E-state index contributed by atoms with van der Waals surface area (Å²) in [6, 6.07) is 12.3. The molecule has 0 spiro atoms. The first-order valence-corrected chi connectivity index (χ1v) is 7.45. The van der Waals surface area contributed by atoms with Crippen molar-refractivity contribution in [3.05, 3.63) is 53.1 Å². The number of rotatable bonds is 2. The second-order valence-electron chi connectivity index (χ2n) is 5.76. The number of hydrogen-bond acceptors (Lipinski definition) is 4. The average molecular weight is 304 g/mol. The molecule has 4 aromatic rings. The molecule has 0 aliphatic heterocycles. The minimum Gasteiger partial charge on any atom is -0.195 e. The molecule has 2 heterocycles. The molecule has 6 nitrogen and oxygen atoms in total. The lowest BCUT2D eigenvalue weighted by atomic mass is 10.1. The van der Waals surface area contributed by atoms with Crippen LogP contribution in [0.25, 0.3) is 28.1 Å². The van der Waals surface area contributed by atoms with Gasteiger partial charge >= 0.3 is 0 Å². The molecule has 4 rings (SSSR count). The molecule has 0 unspecified atom stereocenters. The maximum absolute atomic E-state index is 4.32. The largest absolute Gasteiger partial charge is 0.205 e. The average Bonchev–Trinajstić information content (AvgIpc) is 3.18. The second-order valence-corrected chi connectivity index (χ2v) is 5.76. The molecule has 6 heteroatoms. The van der Waals surface area contributed by atoms with Gasteiger partial charge in [-0.2, -0.15) is 15.0 Å². The van der Waals surface area contributed by atoms with Crippen molar-refractivity contribution in [2.24, 2.45) is 0 Å². The summed E-state index contributed by atoms with van der Waals surface area (Å²) in [5.74, 6) is 0.657. The van der Waals surface area contributed by atoms with E-state index in [1.165, 1.54) is 5.56 Å². The fourth-order valence-electron chi connectivity index (χ4n) is 2.74. The Hall–Kier alpha value is -3.02. The van der Waals surface area contributed by atoms with Crippen LogP contribution in [0, 0.1) is 20.8 Å². The summed E-state index contributed by atoms with van der Waals surface area (Å²) < 4.78 is 1.76.